The molecule has 0 spiro atoms. The van der Waals surface area contributed by atoms with E-state index in [2.05, 4.69) is 48.2 Å². The van der Waals surface area contributed by atoms with Crippen LogP contribution in [-0.2, 0) is 20.3 Å². The largest absolute Gasteiger partial charge is 0.461 e. The number of aryl methyl sites for hydroxylation is 1. The van der Waals surface area contributed by atoms with Crippen LogP contribution in [0.4, 0.5) is 0 Å². The Balaban J connectivity index is 1.76. The third kappa shape index (κ3) is 3.43. The maximum atomic E-state index is 5.48. The predicted octanol–water partition coefficient (Wildman–Crippen LogP) is 3.61. The summed E-state index contributed by atoms with van der Waals surface area (Å²) in [5.74, 6) is 1.46. The van der Waals surface area contributed by atoms with Gasteiger partial charge in [0.1, 0.15) is 0 Å². The van der Waals surface area contributed by atoms with Crippen molar-refractivity contribution in [3.8, 4) is 11.6 Å². The van der Waals surface area contributed by atoms with Crippen LogP contribution in [0.25, 0.3) is 11.6 Å². The molecule has 0 radical (unpaired) electrons. The molecule has 0 saturated carbocycles. The van der Waals surface area contributed by atoms with Crippen LogP contribution in [0.1, 0.15) is 11.1 Å². The highest BCUT2D eigenvalue weighted by atomic mass is 32.1. The van der Waals surface area contributed by atoms with E-state index in [-0.39, 0.29) is 0 Å². The number of nitrogens with zero attached hydrogens (tertiary/aromatic N) is 4. The molecule has 120 valence electrons. The minimum atomic E-state index is 0.626. The summed E-state index contributed by atoms with van der Waals surface area (Å²) in [6.07, 6.45) is 1.64. The lowest BCUT2D eigenvalue weighted by atomic mass is 10.1. The van der Waals surface area contributed by atoms with Gasteiger partial charge in [-0.05, 0) is 43.9 Å². The van der Waals surface area contributed by atoms with Gasteiger partial charge < -0.3 is 8.98 Å². The van der Waals surface area contributed by atoms with E-state index >= 15 is 0 Å². The highest BCUT2D eigenvalue weighted by Crippen LogP contribution is 2.17. The van der Waals surface area contributed by atoms with Crippen LogP contribution < -0.4 is 0 Å². The van der Waals surface area contributed by atoms with Crippen molar-refractivity contribution < 1.29 is 4.42 Å². The van der Waals surface area contributed by atoms with Gasteiger partial charge in [-0.2, -0.15) is 0 Å². The minimum Gasteiger partial charge on any atom is -0.461 e. The topological polar surface area (TPSA) is 39.1 Å². The van der Waals surface area contributed by atoms with Crippen LogP contribution in [0, 0.1) is 11.7 Å². The van der Waals surface area contributed by atoms with Gasteiger partial charge in [0, 0.05) is 13.6 Å². The molecular weight excluding hydrogens is 308 g/mol. The molecule has 0 unspecified atom stereocenters. The summed E-state index contributed by atoms with van der Waals surface area (Å²) in [5.41, 5.74) is 2.54. The Hall–Kier alpha value is -2.18. The van der Waals surface area contributed by atoms with Crippen molar-refractivity contribution in [3.05, 3.63) is 58.6 Å². The Morgan fingerprint density at radius 2 is 1.96 bits per heavy atom. The molecule has 0 aliphatic carbocycles. The lowest BCUT2D eigenvalue weighted by molar-refractivity contribution is 0.244. The Bertz CT molecular complexity index is 831. The summed E-state index contributed by atoms with van der Waals surface area (Å²) < 4.78 is 9.79. The third-order valence-corrected chi connectivity index (χ3v) is 4.22. The lowest BCUT2D eigenvalue weighted by Crippen LogP contribution is -2.22. The predicted molar refractivity (Wildman–Crippen MR) is 92.4 cm³/mol. The Morgan fingerprint density at radius 1 is 1.22 bits per heavy atom. The number of rotatable bonds is 5. The van der Waals surface area contributed by atoms with Crippen LogP contribution in [0.15, 0.2) is 47.1 Å². The normalized spacial score (nSPS) is 11.3. The molecule has 0 fully saturated rings. The molecule has 0 bridgehead atoms. The lowest BCUT2D eigenvalue weighted by Gasteiger charge is -2.16. The van der Waals surface area contributed by atoms with Crippen LogP contribution in [0.5, 0.6) is 0 Å². The first-order valence-corrected chi connectivity index (χ1v) is 7.87. The van der Waals surface area contributed by atoms with Gasteiger partial charge in [-0.15, -0.1) is 5.10 Å². The summed E-state index contributed by atoms with van der Waals surface area (Å²) in [5, 5.41) is 4.59. The van der Waals surface area contributed by atoms with Gasteiger partial charge in [0.25, 0.3) is 0 Å². The maximum absolute atomic E-state index is 5.48. The fourth-order valence-corrected chi connectivity index (χ4v) is 2.67. The van der Waals surface area contributed by atoms with Crippen molar-refractivity contribution in [2.75, 3.05) is 7.05 Å². The molecule has 23 heavy (non-hydrogen) atoms. The van der Waals surface area contributed by atoms with Crippen LogP contribution in [-0.4, -0.2) is 26.3 Å². The summed E-state index contributed by atoms with van der Waals surface area (Å²) in [4.78, 5) is 2.18. The highest BCUT2D eigenvalue weighted by Gasteiger charge is 2.13. The number of hydrogen-bond acceptors (Lipinski definition) is 4. The molecule has 1 aromatic carbocycles. The first-order chi connectivity index (χ1) is 11.0. The van der Waals surface area contributed by atoms with E-state index in [1.807, 2.05) is 28.4 Å². The van der Waals surface area contributed by atoms with Crippen molar-refractivity contribution in [1.29, 1.82) is 0 Å². The molecule has 0 amide bonds. The van der Waals surface area contributed by atoms with Crippen molar-refractivity contribution in [2.45, 2.75) is 20.1 Å². The molecule has 0 aliphatic rings. The molecule has 5 nitrogen and oxygen atoms in total. The monoisotopic (exact) mass is 328 g/mol. The van der Waals surface area contributed by atoms with E-state index in [9.17, 15) is 0 Å². The smallest absolute Gasteiger partial charge is 0.199 e. The van der Waals surface area contributed by atoms with E-state index in [1.165, 1.54) is 11.1 Å². The van der Waals surface area contributed by atoms with Gasteiger partial charge in [0.15, 0.2) is 16.4 Å². The zero-order chi connectivity index (χ0) is 16.4. The first-order valence-electron chi connectivity index (χ1n) is 7.46. The third-order valence-electron chi connectivity index (χ3n) is 3.73. The second-order valence-corrected chi connectivity index (χ2v) is 6.15. The van der Waals surface area contributed by atoms with Crippen molar-refractivity contribution >= 4 is 12.2 Å². The van der Waals surface area contributed by atoms with Gasteiger partial charge in [0.2, 0.25) is 0 Å². The molecule has 3 rings (SSSR count). The fourth-order valence-electron chi connectivity index (χ4n) is 2.48. The van der Waals surface area contributed by atoms with E-state index < -0.39 is 0 Å². The quantitative estimate of drug-likeness (QED) is 0.671. The molecule has 0 N–H and O–H groups in total. The second-order valence-electron chi connectivity index (χ2n) is 5.78. The molecule has 0 saturated heterocycles. The van der Waals surface area contributed by atoms with Gasteiger partial charge in [-0.25, -0.2) is 4.68 Å². The SMILES string of the molecule is Cc1ccc(CN(C)Cn2nc(-c3ccco3)n(C)c2=S)cc1. The van der Waals surface area contributed by atoms with Crippen LogP contribution >= 0.6 is 12.2 Å². The maximum Gasteiger partial charge on any atom is 0.199 e. The average Bonchev–Trinajstić information content (AvgIpc) is 3.14. The van der Waals surface area contributed by atoms with Crippen molar-refractivity contribution in [1.82, 2.24) is 19.2 Å². The fraction of sp³-hybridized carbons (Fsp3) is 0.294. The Kier molecular flexibility index (Phi) is 4.45. The van der Waals surface area contributed by atoms with Gasteiger partial charge in [0.05, 0.1) is 12.9 Å². The summed E-state index contributed by atoms with van der Waals surface area (Å²) in [6.45, 7) is 3.56. The zero-order valence-electron chi connectivity index (χ0n) is 13.6. The van der Waals surface area contributed by atoms with E-state index in [1.54, 1.807) is 6.26 Å². The Morgan fingerprint density at radius 3 is 2.61 bits per heavy atom. The molecule has 2 aromatic heterocycles. The van der Waals surface area contributed by atoms with Gasteiger partial charge in [-0.3, -0.25) is 4.90 Å². The van der Waals surface area contributed by atoms with E-state index in [0.717, 1.165) is 18.1 Å². The summed E-state index contributed by atoms with van der Waals surface area (Å²) in [7, 11) is 3.96. The molecule has 3 aromatic rings. The Labute approximate surface area is 140 Å². The second kappa shape index (κ2) is 6.52. The van der Waals surface area contributed by atoms with Gasteiger partial charge >= 0.3 is 0 Å². The number of hydrogen-bond donors (Lipinski definition) is 0. The molecule has 0 aliphatic heterocycles. The molecular formula is C17H20N4OS. The highest BCUT2D eigenvalue weighted by molar-refractivity contribution is 7.71. The number of benzene rings is 1. The van der Waals surface area contributed by atoms with Gasteiger partial charge in [-0.1, -0.05) is 29.8 Å². The minimum absolute atomic E-state index is 0.626. The molecule has 0 atom stereocenters. The number of aromatic nitrogens is 3. The summed E-state index contributed by atoms with van der Waals surface area (Å²) in [6, 6.07) is 12.3. The standard InChI is InChI=1S/C17H20N4OS/c1-13-6-8-14(9-7-13)11-19(2)12-21-17(23)20(3)16(18-21)15-5-4-10-22-15/h4-10H,11-12H2,1-3H3. The van der Waals surface area contributed by atoms with Crippen LogP contribution in [0.2, 0.25) is 0 Å². The average molecular weight is 328 g/mol. The van der Waals surface area contributed by atoms with E-state index in [0.29, 0.717) is 11.4 Å². The zero-order valence-corrected chi connectivity index (χ0v) is 14.4. The first kappa shape index (κ1) is 15.7. The number of furan rings is 1. The van der Waals surface area contributed by atoms with Crippen molar-refractivity contribution in [2.24, 2.45) is 7.05 Å². The molecule has 6 heteroatoms. The van der Waals surface area contributed by atoms with Crippen molar-refractivity contribution in [3.63, 3.8) is 0 Å². The van der Waals surface area contributed by atoms with Crippen LogP contribution in [0.3, 0.4) is 0 Å². The summed E-state index contributed by atoms with van der Waals surface area (Å²) >= 11 is 5.48. The molecule has 2 heterocycles. The van der Waals surface area contributed by atoms with E-state index in [4.69, 9.17) is 16.6 Å².